The van der Waals surface area contributed by atoms with Gasteiger partial charge in [-0.3, -0.25) is 4.79 Å². The number of ketones is 1. The molecule has 2 aromatic rings. The van der Waals surface area contributed by atoms with Gasteiger partial charge in [0.2, 0.25) is 0 Å². The Bertz CT molecular complexity index is 652. The van der Waals surface area contributed by atoms with E-state index in [1.54, 1.807) is 27.3 Å². The Labute approximate surface area is 136 Å². The Morgan fingerprint density at radius 1 is 1.17 bits per heavy atom. The van der Waals surface area contributed by atoms with Crippen LogP contribution in [0.1, 0.15) is 17.3 Å². The van der Waals surface area contributed by atoms with E-state index in [0.717, 1.165) is 16.9 Å². The highest BCUT2D eigenvalue weighted by atomic mass is 16.7. The number of carbonyl (C=O) groups is 1. The van der Waals surface area contributed by atoms with E-state index >= 15 is 0 Å². The maximum Gasteiger partial charge on any atom is 0.174 e. The highest BCUT2D eigenvalue weighted by Crippen LogP contribution is 2.22. The molecular weight excluding hydrogens is 292 g/mol. The van der Waals surface area contributed by atoms with Crippen molar-refractivity contribution in [3.05, 3.63) is 48.2 Å². The second-order valence-corrected chi connectivity index (χ2v) is 5.32. The summed E-state index contributed by atoms with van der Waals surface area (Å²) in [6, 6.07) is 11.5. The van der Waals surface area contributed by atoms with Crippen LogP contribution >= 0.6 is 0 Å². The molecule has 0 unspecified atom stereocenters. The first-order valence-corrected chi connectivity index (χ1v) is 7.39. The van der Waals surface area contributed by atoms with Gasteiger partial charge in [0.25, 0.3) is 0 Å². The number of hydrogen-bond donors (Lipinski definition) is 0. The predicted octanol–water partition coefficient (Wildman–Crippen LogP) is 3.01. The molecule has 0 aliphatic rings. The molecule has 122 valence electrons. The van der Waals surface area contributed by atoms with Gasteiger partial charge in [0.15, 0.2) is 12.1 Å². The lowest BCUT2D eigenvalue weighted by Gasteiger charge is -2.23. The lowest BCUT2D eigenvalue weighted by atomic mass is 10.0. The molecule has 0 aliphatic heterocycles. The number of pyridine rings is 1. The third-order valence-electron chi connectivity index (χ3n) is 3.69. The highest BCUT2D eigenvalue weighted by molar-refractivity contribution is 5.95. The number of carbonyl (C=O) groups excluding carboxylic acids is 1. The molecule has 1 heterocycles. The molecule has 2 rings (SSSR count). The minimum atomic E-state index is -0.297. The topological polar surface area (TPSA) is 51.7 Å². The summed E-state index contributed by atoms with van der Waals surface area (Å²) in [5.41, 5.74) is 2.65. The number of hydrogen-bond acceptors (Lipinski definition) is 5. The lowest BCUT2D eigenvalue weighted by Crippen LogP contribution is -2.32. The van der Waals surface area contributed by atoms with Crippen molar-refractivity contribution in [2.24, 2.45) is 0 Å². The summed E-state index contributed by atoms with van der Waals surface area (Å²) in [7, 11) is 5.16. The van der Waals surface area contributed by atoms with E-state index in [1.807, 2.05) is 48.3 Å². The average Bonchev–Trinajstić information content (AvgIpc) is 2.59. The van der Waals surface area contributed by atoms with E-state index < -0.39 is 0 Å². The number of Topliss-reactive ketones (excluding diaryl/α,β-unsaturated/α-hetero) is 1. The molecule has 0 amide bonds. The van der Waals surface area contributed by atoms with Gasteiger partial charge in [-0.2, -0.15) is 0 Å². The number of methoxy groups -OCH3 is 2. The standard InChI is InChI=1S/C18H22N2O3/c1-13(21)14-6-5-7-15(10-14)16-8-9-17(19-11-16)20(2)12-18(22-3)23-4/h5-11,18H,12H2,1-4H3. The van der Waals surface area contributed by atoms with Crippen molar-refractivity contribution in [1.29, 1.82) is 0 Å². The van der Waals surface area contributed by atoms with Gasteiger partial charge in [-0.25, -0.2) is 4.98 Å². The molecule has 0 saturated carbocycles. The van der Waals surface area contributed by atoms with E-state index in [0.29, 0.717) is 12.1 Å². The second-order valence-electron chi connectivity index (χ2n) is 5.32. The van der Waals surface area contributed by atoms with E-state index in [2.05, 4.69) is 4.98 Å². The van der Waals surface area contributed by atoms with Crippen LogP contribution in [0.2, 0.25) is 0 Å². The molecule has 0 radical (unpaired) electrons. The maximum atomic E-state index is 11.5. The summed E-state index contributed by atoms with van der Waals surface area (Å²) >= 11 is 0. The smallest absolute Gasteiger partial charge is 0.174 e. The number of rotatable bonds is 7. The zero-order valence-electron chi connectivity index (χ0n) is 13.9. The third kappa shape index (κ3) is 4.37. The third-order valence-corrected chi connectivity index (χ3v) is 3.69. The Morgan fingerprint density at radius 3 is 2.48 bits per heavy atom. The summed E-state index contributed by atoms with van der Waals surface area (Å²) in [5, 5.41) is 0. The van der Waals surface area contributed by atoms with Gasteiger partial charge in [0, 0.05) is 38.6 Å². The number of nitrogens with zero attached hydrogens (tertiary/aromatic N) is 2. The van der Waals surface area contributed by atoms with Gasteiger partial charge in [-0.05, 0) is 30.7 Å². The van der Waals surface area contributed by atoms with Crippen LogP contribution in [0.4, 0.5) is 5.82 Å². The Kier molecular flexibility index (Phi) is 5.84. The lowest BCUT2D eigenvalue weighted by molar-refractivity contribution is -0.0944. The number of anilines is 1. The fraction of sp³-hybridized carbons (Fsp3) is 0.333. The largest absolute Gasteiger partial charge is 0.355 e. The van der Waals surface area contributed by atoms with E-state index in [-0.39, 0.29) is 12.1 Å². The number of benzene rings is 1. The van der Waals surface area contributed by atoms with Crippen molar-refractivity contribution in [3.63, 3.8) is 0 Å². The van der Waals surface area contributed by atoms with Crippen LogP contribution in [0.5, 0.6) is 0 Å². The quantitative estimate of drug-likeness (QED) is 0.581. The first-order chi connectivity index (χ1) is 11.0. The molecule has 0 bridgehead atoms. The van der Waals surface area contributed by atoms with Crippen molar-refractivity contribution in [2.75, 3.05) is 32.7 Å². The first-order valence-electron chi connectivity index (χ1n) is 7.39. The molecule has 5 heteroatoms. The van der Waals surface area contributed by atoms with Gasteiger partial charge in [-0.1, -0.05) is 18.2 Å². The van der Waals surface area contributed by atoms with Crippen molar-refractivity contribution >= 4 is 11.6 Å². The maximum absolute atomic E-state index is 11.5. The molecule has 0 N–H and O–H groups in total. The van der Waals surface area contributed by atoms with E-state index in [1.165, 1.54) is 0 Å². The van der Waals surface area contributed by atoms with E-state index in [9.17, 15) is 4.79 Å². The van der Waals surface area contributed by atoms with E-state index in [4.69, 9.17) is 9.47 Å². The minimum absolute atomic E-state index is 0.0568. The van der Waals surface area contributed by atoms with Gasteiger partial charge in [-0.15, -0.1) is 0 Å². The second kappa shape index (κ2) is 7.85. The summed E-state index contributed by atoms with van der Waals surface area (Å²) in [6.07, 6.45) is 1.51. The highest BCUT2D eigenvalue weighted by Gasteiger charge is 2.11. The molecule has 0 atom stereocenters. The van der Waals surface area contributed by atoms with Crippen LogP contribution < -0.4 is 4.90 Å². The van der Waals surface area contributed by atoms with Gasteiger partial charge in [0.05, 0.1) is 6.54 Å². The summed E-state index contributed by atoms with van der Waals surface area (Å²) in [6.45, 7) is 2.15. The fourth-order valence-electron chi connectivity index (χ4n) is 2.26. The SMILES string of the molecule is COC(CN(C)c1ccc(-c2cccc(C(C)=O)c2)cn1)OC. The van der Waals surface area contributed by atoms with Crippen LogP contribution in [0, 0.1) is 0 Å². The van der Waals surface area contributed by atoms with Gasteiger partial charge >= 0.3 is 0 Å². The number of aromatic nitrogens is 1. The van der Waals surface area contributed by atoms with Gasteiger partial charge in [0.1, 0.15) is 5.82 Å². The monoisotopic (exact) mass is 314 g/mol. The Hall–Kier alpha value is -2.24. The molecule has 23 heavy (non-hydrogen) atoms. The van der Waals surface area contributed by atoms with Crippen molar-refractivity contribution in [1.82, 2.24) is 4.98 Å². The summed E-state index contributed by atoms with van der Waals surface area (Å²) in [5.74, 6) is 0.886. The molecule has 0 saturated heterocycles. The minimum Gasteiger partial charge on any atom is -0.355 e. The van der Waals surface area contributed by atoms with Crippen molar-refractivity contribution in [2.45, 2.75) is 13.2 Å². The zero-order valence-corrected chi connectivity index (χ0v) is 13.9. The fourth-order valence-corrected chi connectivity index (χ4v) is 2.26. The van der Waals surface area contributed by atoms with Crippen LogP contribution in [0.15, 0.2) is 42.6 Å². The molecule has 0 spiro atoms. The Balaban J connectivity index is 2.16. The molecule has 5 nitrogen and oxygen atoms in total. The number of likely N-dealkylation sites (N-methyl/N-ethyl adjacent to an activating group) is 1. The molecule has 1 aromatic heterocycles. The van der Waals surface area contributed by atoms with Crippen molar-refractivity contribution in [3.8, 4) is 11.1 Å². The zero-order chi connectivity index (χ0) is 16.8. The summed E-state index contributed by atoms with van der Waals surface area (Å²) < 4.78 is 10.4. The molecule has 1 aromatic carbocycles. The predicted molar refractivity (Wildman–Crippen MR) is 90.8 cm³/mol. The van der Waals surface area contributed by atoms with Crippen LogP contribution in [-0.2, 0) is 9.47 Å². The van der Waals surface area contributed by atoms with Crippen LogP contribution in [-0.4, -0.2) is 44.9 Å². The van der Waals surface area contributed by atoms with Crippen LogP contribution in [0.25, 0.3) is 11.1 Å². The summed E-state index contributed by atoms with van der Waals surface area (Å²) in [4.78, 5) is 17.9. The number of ether oxygens (including phenoxy) is 2. The van der Waals surface area contributed by atoms with Crippen molar-refractivity contribution < 1.29 is 14.3 Å². The Morgan fingerprint density at radius 2 is 1.91 bits per heavy atom. The average molecular weight is 314 g/mol. The molecular formula is C18H22N2O3. The molecule has 0 aliphatic carbocycles. The van der Waals surface area contributed by atoms with Gasteiger partial charge < -0.3 is 14.4 Å². The first kappa shape index (κ1) is 17.1. The van der Waals surface area contributed by atoms with Crippen LogP contribution in [0.3, 0.4) is 0 Å². The molecule has 0 fully saturated rings. The normalized spacial score (nSPS) is 10.8.